The number of hydrogen-bond donors (Lipinski definition) is 1. The monoisotopic (exact) mass is 356 g/mol. The molecule has 6 heteroatoms. The van der Waals surface area contributed by atoms with Gasteiger partial charge in [0.2, 0.25) is 0 Å². The summed E-state index contributed by atoms with van der Waals surface area (Å²) in [5.74, 6) is 0.860. The minimum Gasteiger partial charge on any atom is -0.497 e. The smallest absolute Gasteiger partial charge is 0.272 e. The Morgan fingerprint density at radius 2 is 2.08 bits per heavy atom. The number of aromatic nitrogens is 2. The summed E-state index contributed by atoms with van der Waals surface area (Å²) in [5, 5.41) is 7.27. The molecular formula is C20H28N4O2. The van der Waals surface area contributed by atoms with Crippen LogP contribution in [0.3, 0.4) is 0 Å². The van der Waals surface area contributed by atoms with Gasteiger partial charge >= 0.3 is 0 Å². The number of hydrogen-bond acceptors (Lipinski definition) is 4. The Morgan fingerprint density at radius 3 is 2.77 bits per heavy atom. The van der Waals surface area contributed by atoms with E-state index in [1.807, 2.05) is 35.2 Å². The lowest BCUT2D eigenvalue weighted by atomic mass is 9.98. The SMILES string of the molecule is COc1ccc(-c2cc(C(=O)N3CCCC[C@@H]3CCN(C)C)[nH]n2)cc1. The molecule has 1 aliphatic rings. The number of carbonyl (C=O) groups is 1. The first-order valence-corrected chi connectivity index (χ1v) is 9.24. The zero-order valence-electron chi connectivity index (χ0n) is 15.9. The number of carbonyl (C=O) groups excluding carboxylic acids is 1. The Kier molecular flexibility index (Phi) is 5.93. The first-order valence-electron chi connectivity index (χ1n) is 9.24. The Hall–Kier alpha value is -2.34. The highest BCUT2D eigenvalue weighted by molar-refractivity contribution is 5.93. The standard InChI is InChI=1S/C20H28N4O2/c1-23(2)13-11-16-6-4-5-12-24(16)20(25)19-14-18(21-22-19)15-7-9-17(26-3)10-8-15/h7-10,14,16H,4-6,11-13H2,1-3H3,(H,21,22)/t16-/m1/s1. The van der Waals surface area contributed by atoms with Gasteiger partial charge in [-0.1, -0.05) is 0 Å². The first-order chi connectivity index (χ1) is 12.6. The molecule has 0 radical (unpaired) electrons. The van der Waals surface area contributed by atoms with E-state index in [4.69, 9.17) is 4.74 Å². The molecular weight excluding hydrogens is 328 g/mol. The molecule has 1 fully saturated rings. The van der Waals surface area contributed by atoms with Crippen molar-refractivity contribution in [3.63, 3.8) is 0 Å². The van der Waals surface area contributed by atoms with Crippen LogP contribution in [0.1, 0.15) is 36.2 Å². The van der Waals surface area contributed by atoms with Crippen LogP contribution < -0.4 is 4.74 Å². The Balaban J connectivity index is 1.73. The topological polar surface area (TPSA) is 61.5 Å². The minimum atomic E-state index is 0.0562. The molecule has 1 aliphatic heterocycles. The van der Waals surface area contributed by atoms with Crippen molar-refractivity contribution in [2.75, 3.05) is 34.3 Å². The maximum atomic E-state index is 13.0. The van der Waals surface area contributed by atoms with Gasteiger partial charge in [-0.3, -0.25) is 9.89 Å². The van der Waals surface area contributed by atoms with Crippen LogP contribution in [0.2, 0.25) is 0 Å². The predicted molar refractivity (Wildman–Crippen MR) is 102 cm³/mol. The van der Waals surface area contributed by atoms with Crippen LogP contribution >= 0.6 is 0 Å². The van der Waals surface area contributed by atoms with E-state index in [9.17, 15) is 4.79 Å². The van der Waals surface area contributed by atoms with E-state index in [2.05, 4.69) is 29.2 Å². The van der Waals surface area contributed by atoms with Crippen LogP contribution in [-0.4, -0.2) is 66.2 Å². The molecule has 1 amide bonds. The number of piperidine rings is 1. The molecule has 0 unspecified atom stereocenters. The van der Waals surface area contributed by atoms with Gasteiger partial charge < -0.3 is 14.5 Å². The number of benzene rings is 1. The van der Waals surface area contributed by atoms with E-state index in [-0.39, 0.29) is 5.91 Å². The third-order valence-corrected chi connectivity index (χ3v) is 4.99. The van der Waals surface area contributed by atoms with Crippen LogP contribution in [0.5, 0.6) is 5.75 Å². The summed E-state index contributed by atoms with van der Waals surface area (Å²) >= 11 is 0. The van der Waals surface area contributed by atoms with E-state index < -0.39 is 0 Å². The van der Waals surface area contributed by atoms with Crippen LogP contribution in [0.25, 0.3) is 11.3 Å². The number of amides is 1. The van der Waals surface area contributed by atoms with Gasteiger partial charge in [0.1, 0.15) is 11.4 Å². The average Bonchev–Trinajstić information content (AvgIpc) is 3.16. The van der Waals surface area contributed by atoms with E-state index in [0.717, 1.165) is 49.4 Å². The minimum absolute atomic E-state index is 0.0562. The Labute approximate surface area is 155 Å². The zero-order chi connectivity index (χ0) is 18.5. The first kappa shape index (κ1) is 18.5. The summed E-state index contributed by atoms with van der Waals surface area (Å²) < 4.78 is 5.19. The second-order valence-electron chi connectivity index (χ2n) is 7.14. The molecule has 2 heterocycles. The highest BCUT2D eigenvalue weighted by Gasteiger charge is 2.28. The summed E-state index contributed by atoms with van der Waals surface area (Å²) in [6.45, 7) is 1.82. The molecule has 0 saturated carbocycles. The van der Waals surface area contributed by atoms with E-state index in [1.54, 1.807) is 7.11 Å². The number of nitrogens with one attached hydrogen (secondary N) is 1. The highest BCUT2D eigenvalue weighted by Crippen LogP contribution is 2.24. The zero-order valence-corrected chi connectivity index (χ0v) is 15.9. The fourth-order valence-corrected chi connectivity index (χ4v) is 3.47. The molecule has 1 atom stereocenters. The molecule has 1 N–H and O–H groups in total. The maximum absolute atomic E-state index is 13.0. The number of likely N-dealkylation sites (tertiary alicyclic amines) is 1. The summed E-state index contributed by atoms with van der Waals surface area (Å²) in [5.41, 5.74) is 2.30. The van der Waals surface area contributed by atoms with Gasteiger partial charge in [0.25, 0.3) is 5.91 Å². The van der Waals surface area contributed by atoms with Crippen molar-refractivity contribution in [1.29, 1.82) is 0 Å². The Bertz CT molecular complexity index is 724. The van der Waals surface area contributed by atoms with Gasteiger partial charge in [-0.15, -0.1) is 0 Å². The number of H-pyrrole nitrogens is 1. The molecule has 1 aromatic heterocycles. The van der Waals surface area contributed by atoms with Crippen LogP contribution in [0.15, 0.2) is 30.3 Å². The van der Waals surface area contributed by atoms with Gasteiger partial charge in [-0.05, 0) is 76.7 Å². The normalized spacial score (nSPS) is 17.5. The van der Waals surface area contributed by atoms with Crippen molar-refractivity contribution in [2.24, 2.45) is 0 Å². The number of methoxy groups -OCH3 is 1. The lowest BCUT2D eigenvalue weighted by molar-refractivity contribution is 0.0585. The molecule has 3 rings (SSSR count). The Morgan fingerprint density at radius 1 is 1.31 bits per heavy atom. The molecule has 26 heavy (non-hydrogen) atoms. The molecule has 0 bridgehead atoms. The quantitative estimate of drug-likeness (QED) is 0.864. The van der Waals surface area contributed by atoms with Gasteiger partial charge in [-0.25, -0.2) is 0 Å². The van der Waals surface area contributed by atoms with E-state index >= 15 is 0 Å². The number of nitrogens with zero attached hydrogens (tertiary/aromatic N) is 3. The summed E-state index contributed by atoms with van der Waals surface area (Å²) in [4.78, 5) is 17.2. The third kappa shape index (κ3) is 4.25. The van der Waals surface area contributed by atoms with Gasteiger partial charge in [0, 0.05) is 18.2 Å². The lowest BCUT2D eigenvalue weighted by Crippen LogP contribution is -2.45. The predicted octanol–water partition coefficient (Wildman–Crippen LogP) is 3.03. The third-order valence-electron chi connectivity index (χ3n) is 4.99. The summed E-state index contributed by atoms with van der Waals surface area (Å²) in [6.07, 6.45) is 4.36. The average molecular weight is 356 g/mol. The van der Waals surface area contributed by atoms with E-state index in [1.165, 1.54) is 6.42 Å². The second kappa shape index (κ2) is 8.36. The molecule has 0 spiro atoms. The molecule has 140 valence electrons. The fourth-order valence-electron chi connectivity index (χ4n) is 3.47. The van der Waals surface area contributed by atoms with Crippen molar-refractivity contribution in [3.8, 4) is 17.0 Å². The fraction of sp³-hybridized carbons (Fsp3) is 0.500. The number of ether oxygens (including phenoxy) is 1. The largest absolute Gasteiger partial charge is 0.497 e. The highest BCUT2D eigenvalue weighted by atomic mass is 16.5. The number of aromatic amines is 1. The van der Waals surface area contributed by atoms with Crippen molar-refractivity contribution in [2.45, 2.75) is 31.7 Å². The summed E-state index contributed by atoms with van der Waals surface area (Å²) in [7, 11) is 5.79. The molecule has 6 nitrogen and oxygen atoms in total. The van der Waals surface area contributed by atoms with Crippen molar-refractivity contribution < 1.29 is 9.53 Å². The molecule has 1 aromatic carbocycles. The summed E-state index contributed by atoms with van der Waals surface area (Å²) in [6, 6.07) is 9.85. The van der Waals surface area contributed by atoms with Gasteiger partial charge in [0.15, 0.2) is 0 Å². The van der Waals surface area contributed by atoms with Crippen molar-refractivity contribution in [1.82, 2.24) is 20.0 Å². The van der Waals surface area contributed by atoms with E-state index in [0.29, 0.717) is 11.7 Å². The van der Waals surface area contributed by atoms with Crippen LogP contribution in [0.4, 0.5) is 0 Å². The van der Waals surface area contributed by atoms with Gasteiger partial charge in [-0.2, -0.15) is 5.10 Å². The van der Waals surface area contributed by atoms with Crippen molar-refractivity contribution >= 4 is 5.91 Å². The second-order valence-corrected chi connectivity index (χ2v) is 7.14. The molecule has 0 aliphatic carbocycles. The van der Waals surface area contributed by atoms with Crippen LogP contribution in [-0.2, 0) is 0 Å². The maximum Gasteiger partial charge on any atom is 0.272 e. The lowest BCUT2D eigenvalue weighted by Gasteiger charge is -2.36. The molecule has 2 aromatic rings. The van der Waals surface area contributed by atoms with Crippen molar-refractivity contribution in [3.05, 3.63) is 36.0 Å². The number of rotatable bonds is 6. The van der Waals surface area contributed by atoms with Gasteiger partial charge in [0.05, 0.1) is 12.8 Å². The van der Waals surface area contributed by atoms with Crippen LogP contribution in [0, 0.1) is 0 Å². The molecule has 1 saturated heterocycles.